The molecule has 2 heterocycles. The molecule has 1 aliphatic rings. The number of rotatable bonds is 3. The van der Waals surface area contributed by atoms with Crippen molar-refractivity contribution >= 4 is 11.6 Å². The molecule has 1 N–H and O–H groups in total. The number of aryl methyl sites for hydroxylation is 1. The standard InChI is InChI=1S/C12H20N4/c1-9(2)13-11-8-12(15-10(3)14-11)16-6-4-5-7-16/h8-9H,4-7H2,1-3H3,(H,13,14,15). The van der Waals surface area contributed by atoms with E-state index in [0.29, 0.717) is 6.04 Å². The number of nitrogens with zero attached hydrogens (tertiary/aromatic N) is 3. The molecule has 0 unspecified atom stereocenters. The zero-order valence-electron chi connectivity index (χ0n) is 10.3. The monoisotopic (exact) mass is 220 g/mol. The SMILES string of the molecule is Cc1nc(NC(C)C)cc(N2CCCC2)n1. The number of aromatic nitrogens is 2. The third kappa shape index (κ3) is 2.62. The first kappa shape index (κ1) is 11.2. The molecule has 0 saturated carbocycles. The van der Waals surface area contributed by atoms with Gasteiger partial charge in [0.1, 0.15) is 17.5 Å². The van der Waals surface area contributed by atoms with Crippen LogP contribution in [-0.2, 0) is 0 Å². The quantitative estimate of drug-likeness (QED) is 0.848. The van der Waals surface area contributed by atoms with Crippen molar-refractivity contribution < 1.29 is 0 Å². The van der Waals surface area contributed by atoms with Crippen LogP contribution >= 0.6 is 0 Å². The van der Waals surface area contributed by atoms with E-state index >= 15 is 0 Å². The Kier molecular flexibility index (Phi) is 3.27. The lowest BCUT2D eigenvalue weighted by Gasteiger charge is -2.18. The van der Waals surface area contributed by atoms with E-state index in [1.54, 1.807) is 0 Å². The minimum atomic E-state index is 0.403. The molecule has 1 saturated heterocycles. The summed E-state index contributed by atoms with van der Waals surface area (Å²) in [5, 5.41) is 3.33. The second kappa shape index (κ2) is 4.68. The first-order chi connectivity index (χ1) is 7.65. The van der Waals surface area contributed by atoms with Gasteiger partial charge in [0.2, 0.25) is 0 Å². The van der Waals surface area contributed by atoms with Crippen LogP contribution in [0.15, 0.2) is 6.07 Å². The van der Waals surface area contributed by atoms with Gasteiger partial charge in [-0.25, -0.2) is 9.97 Å². The highest BCUT2D eigenvalue weighted by molar-refractivity contribution is 5.50. The topological polar surface area (TPSA) is 41.1 Å². The fourth-order valence-corrected chi connectivity index (χ4v) is 2.03. The number of anilines is 2. The van der Waals surface area contributed by atoms with Crippen LogP contribution in [-0.4, -0.2) is 29.1 Å². The van der Waals surface area contributed by atoms with Crippen LogP contribution < -0.4 is 10.2 Å². The molecule has 4 nitrogen and oxygen atoms in total. The summed E-state index contributed by atoms with van der Waals surface area (Å²) in [6.45, 7) is 8.43. The Bertz CT molecular complexity index is 356. The molecule has 0 aliphatic carbocycles. The van der Waals surface area contributed by atoms with Gasteiger partial charge >= 0.3 is 0 Å². The minimum absolute atomic E-state index is 0.403. The van der Waals surface area contributed by atoms with E-state index in [4.69, 9.17) is 0 Å². The molecule has 1 aromatic rings. The molecule has 16 heavy (non-hydrogen) atoms. The summed E-state index contributed by atoms with van der Waals surface area (Å²) in [6.07, 6.45) is 2.55. The average molecular weight is 220 g/mol. The molecule has 1 aliphatic heterocycles. The highest BCUT2D eigenvalue weighted by Gasteiger charge is 2.15. The Labute approximate surface area is 97.1 Å². The fourth-order valence-electron chi connectivity index (χ4n) is 2.03. The smallest absolute Gasteiger partial charge is 0.134 e. The van der Waals surface area contributed by atoms with E-state index in [2.05, 4.69) is 40.1 Å². The molecular formula is C12H20N4. The number of nitrogens with one attached hydrogen (secondary N) is 1. The minimum Gasteiger partial charge on any atom is -0.368 e. The molecular weight excluding hydrogens is 200 g/mol. The summed E-state index contributed by atoms with van der Waals surface area (Å²) >= 11 is 0. The van der Waals surface area contributed by atoms with E-state index in [-0.39, 0.29) is 0 Å². The second-order valence-electron chi connectivity index (χ2n) is 4.65. The summed E-state index contributed by atoms with van der Waals surface area (Å²) in [6, 6.07) is 2.46. The number of hydrogen-bond acceptors (Lipinski definition) is 4. The molecule has 4 heteroatoms. The molecule has 1 fully saturated rings. The van der Waals surface area contributed by atoms with Crippen molar-refractivity contribution in [3.8, 4) is 0 Å². The average Bonchev–Trinajstić information content (AvgIpc) is 2.67. The Morgan fingerprint density at radius 2 is 1.94 bits per heavy atom. The summed E-state index contributed by atoms with van der Waals surface area (Å²) in [4.78, 5) is 11.2. The van der Waals surface area contributed by atoms with Crippen LogP contribution in [0.2, 0.25) is 0 Å². The molecule has 0 spiro atoms. The lowest BCUT2D eigenvalue weighted by atomic mass is 10.3. The molecule has 0 bridgehead atoms. The zero-order chi connectivity index (χ0) is 11.5. The molecule has 1 aromatic heterocycles. The van der Waals surface area contributed by atoms with Crippen LogP contribution in [0.5, 0.6) is 0 Å². The zero-order valence-corrected chi connectivity index (χ0v) is 10.3. The fraction of sp³-hybridized carbons (Fsp3) is 0.667. The van der Waals surface area contributed by atoms with Crippen molar-refractivity contribution in [1.82, 2.24) is 9.97 Å². The van der Waals surface area contributed by atoms with Gasteiger partial charge in [0, 0.05) is 25.2 Å². The lowest BCUT2D eigenvalue weighted by Crippen LogP contribution is -2.20. The van der Waals surface area contributed by atoms with Crippen molar-refractivity contribution in [3.63, 3.8) is 0 Å². The van der Waals surface area contributed by atoms with Crippen LogP contribution in [0, 0.1) is 6.92 Å². The van der Waals surface area contributed by atoms with Gasteiger partial charge < -0.3 is 10.2 Å². The van der Waals surface area contributed by atoms with E-state index < -0.39 is 0 Å². The Hall–Kier alpha value is -1.32. The summed E-state index contributed by atoms with van der Waals surface area (Å²) in [7, 11) is 0. The van der Waals surface area contributed by atoms with Crippen molar-refractivity contribution in [1.29, 1.82) is 0 Å². The van der Waals surface area contributed by atoms with Gasteiger partial charge in [-0.05, 0) is 33.6 Å². The predicted molar refractivity (Wildman–Crippen MR) is 67.0 cm³/mol. The highest BCUT2D eigenvalue weighted by atomic mass is 15.2. The first-order valence-electron chi connectivity index (χ1n) is 6.02. The van der Waals surface area contributed by atoms with Gasteiger partial charge in [0.25, 0.3) is 0 Å². The van der Waals surface area contributed by atoms with Gasteiger partial charge in [0.15, 0.2) is 0 Å². The van der Waals surface area contributed by atoms with Crippen LogP contribution in [0.25, 0.3) is 0 Å². The van der Waals surface area contributed by atoms with Gasteiger partial charge in [0.05, 0.1) is 0 Å². The van der Waals surface area contributed by atoms with Gasteiger partial charge in [-0.3, -0.25) is 0 Å². The Morgan fingerprint density at radius 1 is 1.25 bits per heavy atom. The van der Waals surface area contributed by atoms with E-state index in [1.807, 2.05) is 6.92 Å². The van der Waals surface area contributed by atoms with Crippen LogP contribution in [0.4, 0.5) is 11.6 Å². The molecule has 0 aromatic carbocycles. The summed E-state index contributed by atoms with van der Waals surface area (Å²) in [5.74, 6) is 2.84. The molecule has 0 radical (unpaired) electrons. The van der Waals surface area contributed by atoms with Crippen LogP contribution in [0.1, 0.15) is 32.5 Å². The number of hydrogen-bond donors (Lipinski definition) is 1. The van der Waals surface area contributed by atoms with E-state index in [0.717, 1.165) is 30.5 Å². The second-order valence-corrected chi connectivity index (χ2v) is 4.65. The Morgan fingerprint density at radius 3 is 2.56 bits per heavy atom. The lowest BCUT2D eigenvalue weighted by molar-refractivity contribution is 0.868. The van der Waals surface area contributed by atoms with Gasteiger partial charge in [-0.2, -0.15) is 0 Å². The first-order valence-corrected chi connectivity index (χ1v) is 6.02. The third-order valence-electron chi connectivity index (χ3n) is 2.69. The third-order valence-corrected chi connectivity index (χ3v) is 2.69. The van der Waals surface area contributed by atoms with E-state index in [1.165, 1.54) is 12.8 Å². The normalized spacial score (nSPS) is 15.9. The maximum absolute atomic E-state index is 4.50. The van der Waals surface area contributed by atoms with Gasteiger partial charge in [-0.1, -0.05) is 0 Å². The van der Waals surface area contributed by atoms with Crippen molar-refractivity contribution in [3.05, 3.63) is 11.9 Å². The molecule has 0 atom stereocenters. The van der Waals surface area contributed by atoms with Crippen molar-refractivity contribution in [2.45, 2.75) is 39.7 Å². The van der Waals surface area contributed by atoms with Crippen molar-refractivity contribution in [2.24, 2.45) is 0 Å². The maximum Gasteiger partial charge on any atom is 0.134 e. The van der Waals surface area contributed by atoms with Gasteiger partial charge in [-0.15, -0.1) is 0 Å². The van der Waals surface area contributed by atoms with Crippen LogP contribution in [0.3, 0.4) is 0 Å². The predicted octanol–water partition coefficient (Wildman–Crippen LogP) is 2.21. The molecule has 88 valence electrons. The molecule has 2 rings (SSSR count). The largest absolute Gasteiger partial charge is 0.368 e. The molecule has 0 amide bonds. The maximum atomic E-state index is 4.50. The Balaban J connectivity index is 2.20. The van der Waals surface area contributed by atoms with Crippen molar-refractivity contribution in [2.75, 3.05) is 23.3 Å². The van der Waals surface area contributed by atoms with E-state index in [9.17, 15) is 0 Å². The highest BCUT2D eigenvalue weighted by Crippen LogP contribution is 2.20. The summed E-state index contributed by atoms with van der Waals surface area (Å²) in [5.41, 5.74) is 0. The summed E-state index contributed by atoms with van der Waals surface area (Å²) < 4.78 is 0.